The first-order valence-corrected chi connectivity index (χ1v) is 13.4. The van der Waals surface area contributed by atoms with E-state index in [-0.39, 0.29) is 24.4 Å². The number of benzene rings is 2. The van der Waals surface area contributed by atoms with Crippen LogP contribution in [-0.2, 0) is 4.79 Å². The van der Waals surface area contributed by atoms with Crippen LogP contribution in [0.5, 0.6) is 0 Å². The largest absolute Gasteiger partial charge is 0.452 e. The Labute approximate surface area is 226 Å². The van der Waals surface area contributed by atoms with Crippen LogP contribution in [0.4, 0.5) is 5.69 Å². The highest BCUT2D eigenvalue weighted by atomic mass is 32.2. The zero-order valence-corrected chi connectivity index (χ0v) is 22.3. The summed E-state index contributed by atoms with van der Waals surface area (Å²) in [4.78, 5) is 20.5. The van der Waals surface area contributed by atoms with Gasteiger partial charge in [0.15, 0.2) is 10.2 Å². The summed E-state index contributed by atoms with van der Waals surface area (Å²) in [5, 5.41) is 7.76. The molecule has 37 heavy (non-hydrogen) atoms. The summed E-state index contributed by atoms with van der Waals surface area (Å²) >= 11 is 7.30. The maximum Gasteiger partial charge on any atom is 0.226 e. The van der Waals surface area contributed by atoms with Gasteiger partial charge >= 0.3 is 0 Å². The summed E-state index contributed by atoms with van der Waals surface area (Å²) in [5.41, 5.74) is 4.01. The number of pyridine rings is 1. The molecule has 0 aliphatic carbocycles. The highest BCUT2D eigenvalue weighted by Gasteiger charge is 2.41. The monoisotopic (exact) mass is 528 g/mol. The molecule has 2 unspecified atom stereocenters. The van der Waals surface area contributed by atoms with E-state index in [1.165, 1.54) is 5.56 Å². The minimum Gasteiger partial charge on any atom is -0.452 e. The molecule has 1 fully saturated rings. The van der Waals surface area contributed by atoms with Gasteiger partial charge in [0.2, 0.25) is 5.91 Å². The number of nitrogens with zero attached hydrogens (tertiary/aromatic N) is 2. The van der Waals surface area contributed by atoms with E-state index in [1.807, 2.05) is 66.4 Å². The number of aryl methyl sites for hydroxylation is 2. The number of aromatic nitrogens is 1. The molecule has 0 radical (unpaired) electrons. The Bertz CT molecular complexity index is 1370. The molecule has 188 valence electrons. The Morgan fingerprint density at radius 1 is 1.03 bits per heavy atom. The first-order chi connectivity index (χ1) is 18.0. The van der Waals surface area contributed by atoms with Crippen molar-refractivity contribution in [3.63, 3.8) is 0 Å². The second kappa shape index (κ2) is 11.2. The van der Waals surface area contributed by atoms with E-state index in [4.69, 9.17) is 16.6 Å². The second-order valence-electron chi connectivity index (χ2n) is 9.06. The summed E-state index contributed by atoms with van der Waals surface area (Å²) < 4.78 is 6.34. The van der Waals surface area contributed by atoms with Crippen LogP contribution in [0.1, 0.15) is 41.1 Å². The number of hydrogen-bond donors (Lipinski definition) is 2. The van der Waals surface area contributed by atoms with E-state index in [1.54, 1.807) is 18.0 Å². The molecule has 2 atom stereocenters. The van der Waals surface area contributed by atoms with Crippen LogP contribution in [0.2, 0.25) is 0 Å². The number of carbonyl (C=O) groups is 1. The Morgan fingerprint density at radius 2 is 1.76 bits per heavy atom. The van der Waals surface area contributed by atoms with Gasteiger partial charge in [0.25, 0.3) is 0 Å². The molecule has 0 spiro atoms. The average molecular weight is 529 g/mol. The summed E-state index contributed by atoms with van der Waals surface area (Å²) in [5.74, 6) is 0.707. The predicted molar refractivity (Wildman–Crippen MR) is 151 cm³/mol. The highest BCUT2D eigenvalue weighted by Crippen LogP contribution is 2.41. The SMILES string of the molecule is Cc1ccc(NC(=O)CCN2C(=S)NC(c3ccccn3)C2c2ccc(Sc3ccc(C)cc3)o2)cc1. The molecule has 0 bridgehead atoms. The molecule has 3 heterocycles. The molecule has 0 saturated carbocycles. The lowest BCUT2D eigenvalue weighted by Crippen LogP contribution is -2.32. The summed E-state index contributed by atoms with van der Waals surface area (Å²) in [7, 11) is 0. The molecular formula is C29H28N4O2S2. The normalized spacial score (nSPS) is 17.0. The van der Waals surface area contributed by atoms with E-state index in [0.717, 1.165) is 32.7 Å². The Kier molecular flexibility index (Phi) is 7.58. The zero-order valence-electron chi connectivity index (χ0n) is 20.7. The number of amides is 1. The number of hydrogen-bond acceptors (Lipinski definition) is 5. The van der Waals surface area contributed by atoms with Gasteiger partial charge in [0, 0.05) is 29.7 Å². The van der Waals surface area contributed by atoms with Gasteiger partial charge in [0.1, 0.15) is 11.8 Å². The number of furan rings is 1. The van der Waals surface area contributed by atoms with Crippen molar-refractivity contribution in [1.29, 1.82) is 0 Å². The van der Waals surface area contributed by atoms with Crippen molar-refractivity contribution in [2.75, 3.05) is 11.9 Å². The molecule has 1 amide bonds. The molecule has 6 nitrogen and oxygen atoms in total. The van der Waals surface area contributed by atoms with Crippen LogP contribution in [-0.4, -0.2) is 27.4 Å². The zero-order chi connectivity index (χ0) is 25.8. The van der Waals surface area contributed by atoms with Crippen LogP contribution < -0.4 is 10.6 Å². The molecule has 8 heteroatoms. The molecule has 1 aliphatic heterocycles. The number of nitrogens with one attached hydrogen (secondary N) is 2. The molecule has 2 N–H and O–H groups in total. The van der Waals surface area contributed by atoms with Crippen molar-refractivity contribution in [3.05, 3.63) is 108 Å². The lowest BCUT2D eigenvalue weighted by atomic mass is 10.0. The van der Waals surface area contributed by atoms with Crippen molar-refractivity contribution >= 4 is 40.7 Å². The van der Waals surface area contributed by atoms with Crippen molar-refractivity contribution in [2.24, 2.45) is 0 Å². The average Bonchev–Trinajstić information content (AvgIpc) is 3.49. The van der Waals surface area contributed by atoms with Crippen molar-refractivity contribution in [1.82, 2.24) is 15.2 Å². The van der Waals surface area contributed by atoms with Crippen LogP contribution in [0, 0.1) is 13.8 Å². The van der Waals surface area contributed by atoms with Crippen LogP contribution >= 0.6 is 24.0 Å². The Morgan fingerprint density at radius 3 is 2.46 bits per heavy atom. The van der Waals surface area contributed by atoms with Crippen LogP contribution in [0.3, 0.4) is 0 Å². The van der Waals surface area contributed by atoms with Crippen molar-refractivity contribution < 1.29 is 9.21 Å². The fraction of sp³-hybridized carbons (Fsp3) is 0.207. The molecule has 1 aliphatic rings. The minimum atomic E-state index is -0.234. The molecular weight excluding hydrogens is 500 g/mol. The van der Waals surface area contributed by atoms with Gasteiger partial charge in [-0.3, -0.25) is 9.78 Å². The van der Waals surface area contributed by atoms with E-state index >= 15 is 0 Å². The van der Waals surface area contributed by atoms with E-state index in [2.05, 4.69) is 46.8 Å². The number of rotatable bonds is 8. The van der Waals surface area contributed by atoms with Gasteiger partial charge in [0.05, 0.1) is 11.7 Å². The second-order valence-corrected chi connectivity index (χ2v) is 10.5. The van der Waals surface area contributed by atoms with Gasteiger partial charge in [-0.15, -0.1) is 0 Å². The third-order valence-corrected chi connectivity index (χ3v) is 7.53. The quantitative estimate of drug-likeness (QED) is 0.255. The lowest BCUT2D eigenvalue weighted by molar-refractivity contribution is -0.116. The third-order valence-electron chi connectivity index (χ3n) is 6.25. The van der Waals surface area contributed by atoms with Gasteiger partial charge in [-0.1, -0.05) is 53.2 Å². The van der Waals surface area contributed by atoms with Crippen molar-refractivity contribution in [2.45, 2.75) is 42.3 Å². The molecule has 5 rings (SSSR count). The summed E-state index contributed by atoms with van der Waals surface area (Å²) in [6.45, 7) is 4.53. The molecule has 4 aromatic rings. The fourth-order valence-electron chi connectivity index (χ4n) is 4.31. The van der Waals surface area contributed by atoms with E-state index < -0.39 is 0 Å². The number of carbonyl (C=O) groups excluding carboxylic acids is 1. The summed E-state index contributed by atoms with van der Waals surface area (Å²) in [6, 6.07) is 25.5. The van der Waals surface area contributed by atoms with Gasteiger partial charge in [-0.25, -0.2) is 0 Å². The standard InChI is InChI=1S/C29H28N4O2S2/c1-19-6-10-21(11-7-19)31-25(34)16-18-33-28(27(32-29(33)36)23-5-3-4-17-30-23)24-14-15-26(35-24)37-22-12-8-20(2)9-13-22/h3-15,17,27-28H,16,18H2,1-2H3,(H,31,34)(H,32,36). The van der Waals surface area contributed by atoms with Crippen LogP contribution in [0.15, 0.2) is 99.5 Å². The molecule has 1 saturated heterocycles. The fourth-order valence-corrected chi connectivity index (χ4v) is 5.42. The number of thiocarbonyl (C=S) groups is 1. The van der Waals surface area contributed by atoms with E-state index in [0.29, 0.717) is 11.7 Å². The molecule has 2 aromatic carbocycles. The lowest BCUT2D eigenvalue weighted by Gasteiger charge is -2.25. The van der Waals surface area contributed by atoms with Gasteiger partial charge in [-0.05, 0) is 74.6 Å². The Balaban J connectivity index is 1.35. The summed E-state index contributed by atoms with van der Waals surface area (Å²) in [6.07, 6.45) is 2.06. The minimum absolute atomic E-state index is 0.0678. The molecule has 2 aromatic heterocycles. The Hall–Kier alpha value is -3.62. The first kappa shape index (κ1) is 25.0. The highest BCUT2D eigenvalue weighted by molar-refractivity contribution is 7.99. The first-order valence-electron chi connectivity index (χ1n) is 12.1. The van der Waals surface area contributed by atoms with Crippen LogP contribution in [0.25, 0.3) is 0 Å². The smallest absolute Gasteiger partial charge is 0.226 e. The van der Waals surface area contributed by atoms with Crippen molar-refractivity contribution in [3.8, 4) is 0 Å². The van der Waals surface area contributed by atoms with Gasteiger partial charge < -0.3 is 20.0 Å². The van der Waals surface area contributed by atoms with Gasteiger partial charge in [-0.2, -0.15) is 0 Å². The topological polar surface area (TPSA) is 70.4 Å². The van der Waals surface area contributed by atoms with E-state index in [9.17, 15) is 4.79 Å². The maximum atomic E-state index is 12.7. The predicted octanol–water partition coefficient (Wildman–Crippen LogP) is 6.44. The third kappa shape index (κ3) is 6.03. The maximum absolute atomic E-state index is 12.7. The number of anilines is 1.